The van der Waals surface area contributed by atoms with Gasteiger partial charge in [0.1, 0.15) is 5.75 Å². The smallest absolute Gasteiger partial charge is 0.253 e. The average Bonchev–Trinajstić information content (AvgIpc) is 2.32. The van der Waals surface area contributed by atoms with Gasteiger partial charge in [-0.15, -0.1) is 6.58 Å². The summed E-state index contributed by atoms with van der Waals surface area (Å²) in [6.45, 7) is 4.29. The minimum atomic E-state index is -0.121. The van der Waals surface area contributed by atoms with Gasteiger partial charge in [-0.1, -0.05) is 6.08 Å². The number of rotatable bonds is 5. The Morgan fingerprint density at radius 3 is 2.88 bits per heavy atom. The second-order valence-electron chi connectivity index (χ2n) is 3.93. The fourth-order valence-corrected chi connectivity index (χ4v) is 1.47. The molecule has 0 saturated heterocycles. The molecular formula is C13H18N2O2. The number of unbranched alkanes of at least 4 members (excludes halogenated alkanes) is 1. The van der Waals surface area contributed by atoms with Gasteiger partial charge in [-0.2, -0.15) is 0 Å². The highest BCUT2D eigenvalue weighted by atomic mass is 16.3. The van der Waals surface area contributed by atoms with Gasteiger partial charge in [0.25, 0.3) is 5.91 Å². The number of anilines is 1. The molecule has 4 nitrogen and oxygen atoms in total. The van der Waals surface area contributed by atoms with Crippen LogP contribution in [-0.2, 0) is 0 Å². The van der Waals surface area contributed by atoms with Crippen LogP contribution in [0.15, 0.2) is 30.9 Å². The molecule has 0 bridgehead atoms. The van der Waals surface area contributed by atoms with Crippen LogP contribution < -0.4 is 5.73 Å². The van der Waals surface area contributed by atoms with Crippen LogP contribution in [-0.4, -0.2) is 29.5 Å². The Labute approximate surface area is 101 Å². The Morgan fingerprint density at radius 1 is 1.59 bits per heavy atom. The molecule has 0 spiro atoms. The summed E-state index contributed by atoms with van der Waals surface area (Å²) in [5.41, 5.74) is 6.19. The van der Waals surface area contributed by atoms with Crippen LogP contribution in [0.1, 0.15) is 23.2 Å². The number of carbonyl (C=O) groups excluding carboxylic acids is 1. The molecule has 1 amide bonds. The second kappa shape index (κ2) is 5.94. The fourth-order valence-electron chi connectivity index (χ4n) is 1.47. The van der Waals surface area contributed by atoms with E-state index in [2.05, 4.69) is 6.58 Å². The Hall–Kier alpha value is -1.97. The van der Waals surface area contributed by atoms with Gasteiger partial charge in [-0.25, -0.2) is 0 Å². The summed E-state index contributed by atoms with van der Waals surface area (Å²) in [5, 5.41) is 9.44. The molecular weight excluding hydrogens is 216 g/mol. The Kier molecular flexibility index (Phi) is 4.57. The van der Waals surface area contributed by atoms with Crippen molar-refractivity contribution in [3.63, 3.8) is 0 Å². The number of hydrogen-bond donors (Lipinski definition) is 2. The first-order valence-corrected chi connectivity index (χ1v) is 5.51. The number of amides is 1. The van der Waals surface area contributed by atoms with Crippen LogP contribution in [0.5, 0.6) is 5.75 Å². The van der Waals surface area contributed by atoms with Gasteiger partial charge in [0.15, 0.2) is 0 Å². The van der Waals surface area contributed by atoms with Crippen LogP contribution in [0.4, 0.5) is 5.69 Å². The number of aromatic hydroxyl groups is 1. The lowest BCUT2D eigenvalue weighted by Crippen LogP contribution is -2.27. The summed E-state index contributed by atoms with van der Waals surface area (Å²) < 4.78 is 0. The number of nitrogen functional groups attached to an aromatic ring is 1. The summed E-state index contributed by atoms with van der Waals surface area (Å²) in [4.78, 5) is 13.6. The van der Waals surface area contributed by atoms with Crippen LogP contribution in [0.3, 0.4) is 0 Å². The van der Waals surface area contributed by atoms with Gasteiger partial charge in [0.05, 0.1) is 5.69 Å². The highest BCUT2D eigenvalue weighted by Gasteiger charge is 2.12. The molecule has 3 N–H and O–H groups in total. The molecule has 1 aromatic rings. The summed E-state index contributed by atoms with van der Waals surface area (Å²) in [6.07, 6.45) is 3.59. The molecule has 0 heterocycles. The highest BCUT2D eigenvalue weighted by Crippen LogP contribution is 2.21. The molecule has 0 aliphatic rings. The lowest BCUT2D eigenvalue weighted by atomic mass is 10.1. The van der Waals surface area contributed by atoms with Crippen molar-refractivity contribution < 1.29 is 9.90 Å². The summed E-state index contributed by atoms with van der Waals surface area (Å²) in [5.74, 6) is -0.181. The van der Waals surface area contributed by atoms with Crippen molar-refractivity contribution in [2.75, 3.05) is 19.3 Å². The number of nitrogens with zero attached hydrogens (tertiary/aromatic N) is 1. The van der Waals surface area contributed by atoms with E-state index in [1.807, 2.05) is 6.08 Å². The van der Waals surface area contributed by atoms with E-state index in [1.165, 1.54) is 12.1 Å². The molecule has 92 valence electrons. The van der Waals surface area contributed by atoms with E-state index in [9.17, 15) is 9.90 Å². The molecule has 1 aromatic carbocycles. The summed E-state index contributed by atoms with van der Waals surface area (Å²) in [7, 11) is 1.73. The number of phenolic OH excluding ortho intramolecular Hbond substituents is 1. The maximum atomic E-state index is 12.0. The third-order valence-corrected chi connectivity index (χ3v) is 2.53. The van der Waals surface area contributed by atoms with Gasteiger partial charge in [0, 0.05) is 19.2 Å². The van der Waals surface area contributed by atoms with E-state index in [1.54, 1.807) is 18.0 Å². The predicted molar refractivity (Wildman–Crippen MR) is 68.9 cm³/mol. The van der Waals surface area contributed by atoms with Crippen molar-refractivity contribution in [2.24, 2.45) is 0 Å². The van der Waals surface area contributed by atoms with Crippen LogP contribution in [0.2, 0.25) is 0 Å². The molecule has 0 radical (unpaired) electrons. The van der Waals surface area contributed by atoms with Gasteiger partial charge >= 0.3 is 0 Å². The van der Waals surface area contributed by atoms with Crippen molar-refractivity contribution in [1.82, 2.24) is 4.90 Å². The van der Waals surface area contributed by atoms with E-state index < -0.39 is 0 Å². The number of allylic oxidation sites excluding steroid dienone is 1. The van der Waals surface area contributed by atoms with Gasteiger partial charge < -0.3 is 15.7 Å². The fraction of sp³-hybridized carbons (Fsp3) is 0.308. The number of carbonyl (C=O) groups is 1. The normalized spacial score (nSPS) is 9.94. The summed E-state index contributed by atoms with van der Waals surface area (Å²) in [6, 6.07) is 4.53. The number of benzene rings is 1. The van der Waals surface area contributed by atoms with E-state index >= 15 is 0 Å². The quantitative estimate of drug-likeness (QED) is 0.354. The molecule has 0 fully saturated rings. The zero-order valence-electron chi connectivity index (χ0n) is 10.0. The minimum Gasteiger partial charge on any atom is -0.506 e. The Bertz CT molecular complexity index is 416. The molecule has 17 heavy (non-hydrogen) atoms. The first-order valence-electron chi connectivity index (χ1n) is 5.51. The number of phenols is 1. The number of hydrogen-bond acceptors (Lipinski definition) is 3. The molecule has 1 rings (SSSR count). The van der Waals surface area contributed by atoms with Crippen molar-refractivity contribution in [1.29, 1.82) is 0 Å². The van der Waals surface area contributed by atoms with Gasteiger partial charge in [0.2, 0.25) is 0 Å². The van der Waals surface area contributed by atoms with E-state index in [-0.39, 0.29) is 17.3 Å². The maximum absolute atomic E-state index is 12.0. The van der Waals surface area contributed by atoms with Crippen molar-refractivity contribution in [2.45, 2.75) is 12.8 Å². The third-order valence-electron chi connectivity index (χ3n) is 2.53. The van der Waals surface area contributed by atoms with E-state index in [4.69, 9.17) is 5.73 Å². The largest absolute Gasteiger partial charge is 0.506 e. The van der Waals surface area contributed by atoms with Crippen molar-refractivity contribution in [3.8, 4) is 5.75 Å². The molecule has 0 aliphatic carbocycles. The first-order chi connectivity index (χ1) is 8.06. The van der Waals surface area contributed by atoms with Gasteiger partial charge in [-0.05, 0) is 31.0 Å². The Balaban J connectivity index is 2.68. The molecule has 0 aliphatic heterocycles. The lowest BCUT2D eigenvalue weighted by molar-refractivity contribution is 0.0793. The SMILES string of the molecule is C=CCCCN(C)C(=O)c1ccc(N)c(O)c1. The van der Waals surface area contributed by atoms with Crippen molar-refractivity contribution >= 4 is 11.6 Å². The highest BCUT2D eigenvalue weighted by molar-refractivity contribution is 5.95. The predicted octanol–water partition coefficient (Wildman–Crippen LogP) is 2.01. The topological polar surface area (TPSA) is 66.6 Å². The monoisotopic (exact) mass is 234 g/mol. The molecule has 4 heteroatoms. The first kappa shape index (κ1) is 13.1. The summed E-state index contributed by atoms with van der Waals surface area (Å²) >= 11 is 0. The Morgan fingerprint density at radius 2 is 2.29 bits per heavy atom. The van der Waals surface area contributed by atoms with E-state index in [0.29, 0.717) is 12.1 Å². The standard InChI is InChI=1S/C13H18N2O2/c1-3-4-5-8-15(2)13(17)10-6-7-11(14)12(16)9-10/h3,6-7,9,16H,1,4-5,8,14H2,2H3. The molecule has 0 aromatic heterocycles. The maximum Gasteiger partial charge on any atom is 0.253 e. The van der Waals surface area contributed by atoms with Crippen LogP contribution >= 0.6 is 0 Å². The lowest BCUT2D eigenvalue weighted by Gasteiger charge is -2.17. The zero-order chi connectivity index (χ0) is 12.8. The molecule has 0 unspecified atom stereocenters. The van der Waals surface area contributed by atoms with Crippen LogP contribution in [0, 0.1) is 0 Å². The van der Waals surface area contributed by atoms with E-state index in [0.717, 1.165) is 12.8 Å². The molecule has 0 atom stereocenters. The number of nitrogens with two attached hydrogens (primary N) is 1. The minimum absolute atomic E-state index is 0.0599. The second-order valence-corrected chi connectivity index (χ2v) is 3.93. The zero-order valence-corrected chi connectivity index (χ0v) is 10.0. The van der Waals surface area contributed by atoms with Gasteiger partial charge in [-0.3, -0.25) is 4.79 Å². The third kappa shape index (κ3) is 3.52. The van der Waals surface area contributed by atoms with Crippen LogP contribution in [0.25, 0.3) is 0 Å². The van der Waals surface area contributed by atoms with Crippen molar-refractivity contribution in [3.05, 3.63) is 36.4 Å². The average molecular weight is 234 g/mol. The molecule has 0 saturated carbocycles.